The molecule has 0 radical (unpaired) electrons. The lowest BCUT2D eigenvalue weighted by atomic mass is 9.83. The summed E-state index contributed by atoms with van der Waals surface area (Å²) >= 11 is 0. The molecule has 1 aromatic heterocycles. The maximum atomic E-state index is 6.06. The van der Waals surface area contributed by atoms with Crippen LogP contribution in [0.1, 0.15) is 44.9 Å². The fourth-order valence-electron chi connectivity index (χ4n) is 2.46. The van der Waals surface area contributed by atoms with Crippen LogP contribution < -0.4 is 5.59 Å². The molecule has 0 saturated carbocycles. The van der Waals surface area contributed by atoms with Crippen LogP contribution in [-0.2, 0) is 14.0 Å². The molecule has 2 saturated heterocycles. The van der Waals surface area contributed by atoms with Crippen LogP contribution in [0.25, 0.3) is 0 Å². The fraction of sp³-hybridized carbons (Fsp3) is 0.667. The summed E-state index contributed by atoms with van der Waals surface area (Å²) in [4.78, 5) is 4.78. The van der Waals surface area contributed by atoms with E-state index >= 15 is 0 Å². The van der Waals surface area contributed by atoms with E-state index in [1.165, 1.54) is 5.56 Å². The predicted octanol–water partition coefficient (Wildman–Crippen LogP) is 1.80. The Morgan fingerprint density at radius 3 is 2.20 bits per heavy atom. The van der Waals surface area contributed by atoms with Gasteiger partial charge < -0.3 is 14.0 Å². The molecule has 1 aromatic rings. The van der Waals surface area contributed by atoms with Gasteiger partial charge in [0.15, 0.2) is 0 Å². The van der Waals surface area contributed by atoms with Crippen molar-refractivity contribution in [2.24, 2.45) is 0 Å². The summed E-state index contributed by atoms with van der Waals surface area (Å²) in [6.45, 7) is 11.9. The van der Waals surface area contributed by atoms with Gasteiger partial charge in [0.1, 0.15) is 0 Å². The number of nitrogens with zero attached hydrogens (tertiary/aromatic N) is 1. The van der Waals surface area contributed by atoms with Gasteiger partial charge in [-0.2, -0.15) is 0 Å². The van der Waals surface area contributed by atoms with E-state index in [9.17, 15) is 0 Å². The summed E-state index contributed by atoms with van der Waals surface area (Å²) in [6.07, 6.45) is 0. The maximum absolute atomic E-state index is 6.06. The van der Waals surface area contributed by atoms with E-state index in [4.69, 9.17) is 19.0 Å². The number of aryl methyl sites for hydroxylation is 1. The van der Waals surface area contributed by atoms with Gasteiger partial charge in [-0.3, -0.25) is 4.98 Å². The standard InChI is InChI=1S/C15H22BNO3/c1-10-6-7-12(17-13(10)11-8-18-9-11)16-19-14(2,3)15(4,5)20-16/h6-7,11H,8-9H2,1-5H3. The Hall–Kier alpha value is -0.905. The van der Waals surface area contributed by atoms with Crippen LogP contribution in [0.5, 0.6) is 0 Å². The Kier molecular flexibility index (Phi) is 3.20. The van der Waals surface area contributed by atoms with Gasteiger partial charge in [0.2, 0.25) is 0 Å². The zero-order chi connectivity index (χ0) is 14.5. The lowest BCUT2D eigenvalue weighted by Crippen LogP contribution is -2.41. The Balaban J connectivity index is 1.88. The van der Waals surface area contributed by atoms with Crippen LogP contribution in [0.2, 0.25) is 0 Å². The molecule has 2 aliphatic rings. The number of rotatable bonds is 2. The van der Waals surface area contributed by atoms with Crippen molar-refractivity contribution >= 4 is 12.7 Å². The molecular weight excluding hydrogens is 253 g/mol. The molecule has 2 aliphatic heterocycles. The first-order valence-corrected chi connectivity index (χ1v) is 7.21. The van der Waals surface area contributed by atoms with Crippen LogP contribution >= 0.6 is 0 Å². The Bertz CT molecular complexity index is 510. The molecule has 0 unspecified atom stereocenters. The molecule has 3 rings (SSSR count). The molecule has 5 heteroatoms. The molecule has 0 spiro atoms. The fourth-order valence-corrected chi connectivity index (χ4v) is 2.46. The van der Waals surface area contributed by atoms with Gasteiger partial charge in [-0.1, -0.05) is 6.07 Å². The van der Waals surface area contributed by atoms with Crippen LogP contribution in [-0.4, -0.2) is 36.5 Å². The number of pyridine rings is 1. The topological polar surface area (TPSA) is 40.6 Å². The monoisotopic (exact) mass is 275 g/mol. The molecule has 2 fully saturated rings. The molecule has 0 N–H and O–H groups in total. The zero-order valence-corrected chi connectivity index (χ0v) is 12.9. The van der Waals surface area contributed by atoms with E-state index in [1.807, 2.05) is 6.07 Å². The van der Waals surface area contributed by atoms with E-state index in [2.05, 4.69) is 40.7 Å². The minimum absolute atomic E-state index is 0.329. The van der Waals surface area contributed by atoms with Crippen molar-refractivity contribution in [3.63, 3.8) is 0 Å². The second-order valence-corrected chi connectivity index (χ2v) is 6.76. The average Bonchev–Trinajstić information content (AvgIpc) is 2.49. The lowest BCUT2D eigenvalue weighted by Gasteiger charge is -2.32. The third-order valence-electron chi connectivity index (χ3n) is 4.68. The highest BCUT2D eigenvalue weighted by Crippen LogP contribution is 2.36. The van der Waals surface area contributed by atoms with Crippen molar-refractivity contribution in [1.29, 1.82) is 0 Å². The minimum atomic E-state index is -0.389. The van der Waals surface area contributed by atoms with Crippen LogP contribution in [0.15, 0.2) is 12.1 Å². The number of ether oxygens (including phenoxy) is 1. The summed E-state index contributed by atoms with van der Waals surface area (Å²) in [6, 6.07) is 4.10. The predicted molar refractivity (Wildman–Crippen MR) is 78.3 cm³/mol. The summed E-state index contributed by atoms with van der Waals surface area (Å²) in [5.41, 5.74) is 2.52. The molecule has 108 valence electrons. The quantitative estimate of drug-likeness (QED) is 0.772. The first kappa shape index (κ1) is 14.0. The average molecular weight is 275 g/mol. The molecule has 20 heavy (non-hydrogen) atoms. The molecule has 3 heterocycles. The summed E-state index contributed by atoms with van der Waals surface area (Å²) in [7, 11) is -0.389. The van der Waals surface area contributed by atoms with Gasteiger partial charge in [-0.15, -0.1) is 0 Å². The Labute approximate surface area is 121 Å². The van der Waals surface area contributed by atoms with E-state index in [0.717, 1.165) is 24.5 Å². The summed E-state index contributed by atoms with van der Waals surface area (Å²) < 4.78 is 17.4. The highest BCUT2D eigenvalue weighted by molar-refractivity contribution is 6.61. The molecule has 0 bridgehead atoms. The first-order valence-electron chi connectivity index (χ1n) is 7.21. The van der Waals surface area contributed by atoms with Crippen molar-refractivity contribution in [1.82, 2.24) is 4.98 Å². The van der Waals surface area contributed by atoms with Gasteiger partial charge in [-0.25, -0.2) is 0 Å². The third-order valence-corrected chi connectivity index (χ3v) is 4.68. The van der Waals surface area contributed by atoms with Gasteiger partial charge in [0.05, 0.1) is 35.7 Å². The second-order valence-electron chi connectivity index (χ2n) is 6.76. The van der Waals surface area contributed by atoms with Gasteiger partial charge >= 0.3 is 7.12 Å². The van der Waals surface area contributed by atoms with Crippen molar-refractivity contribution in [3.05, 3.63) is 23.4 Å². The third kappa shape index (κ3) is 2.18. The van der Waals surface area contributed by atoms with Crippen LogP contribution in [0, 0.1) is 6.92 Å². The van der Waals surface area contributed by atoms with Gasteiger partial charge in [0, 0.05) is 5.92 Å². The van der Waals surface area contributed by atoms with Crippen molar-refractivity contribution in [2.45, 2.75) is 51.7 Å². The van der Waals surface area contributed by atoms with Gasteiger partial charge in [0.25, 0.3) is 0 Å². The second kappa shape index (κ2) is 4.55. The minimum Gasteiger partial charge on any atom is -0.398 e. The van der Waals surface area contributed by atoms with Gasteiger partial charge in [-0.05, 0) is 46.2 Å². The molecule has 0 aromatic carbocycles. The molecular formula is C15H22BNO3. The number of aromatic nitrogens is 1. The Morgan fingerprint density at radius 1 is 1.10 bits per heavy atom. The highest BCUT2D eigenvalue weighted by atomic mass is 16.7. The van der Waals surface area contributed by atoms with E-state index in [1.54, 1.807) is 0 Å². The molecule has 0 aliphatic carbocycles. The largest absolute Gasteiger partial charge is 0.514 e. The van der Waals surface area contributed by atoms with Crippen LogP contribution in [0.4, 0.5) is 0 Å². The summed E-state index contributed by atoms with van der Waals surface area (Å²) in [5, 5.41) is 0. The number of hydrogen-bond acceptors (Lipinski definition) is 4. The zero-order valence-electron chi connectivity index (χ0n) is 12.9. The first-order chi connectivity index (χ1) is 9.30. The smallest absolute Gasteiger partial charge is 0.398 e. The Morgan fingerprint density at radius 2 is 1.70 bits per heavy atom. The highest BCUT2D eigenvalue weighted by Gasteiger charge is 2.52. The lowest BCUT2D eigenvalue weighted by molar-refractivity contribution is 0.00578. The van der Waals surface area contributed by atoms with Crippen molar-refractivity contribution < 1.29 is 14.0 Å². The van der Waals surface area contributed by atoms with Crippen LogP contribution in [0.3, 0.4) is 0 Å². The maximum Gasteiger partial charge on any atom is 0.514 e. The molecule has 4 nitrogen and oxygen atoms in total. The van der Waals surface area contributed by atoms with Crippen molar-refractivity contribution in [2.75, 3.05) is 13.2 Å². The van der Waals surface area contributed by atoms with E-state index in [-0.39, 0.29) is 18.3 Å². The molecule has 0 amide bonds. The van der Waals surface area contributed by atoms with Crippen molar-refractivity contribution in [3.8, 4) is 0 Å². The summed E-state index contributed by atoms with van der Waals surface area (Å²) in [5.74, 6) is 0.414. The SMILES string of the molecule is Cc1ccc(B2OC(C)(C)C(C)(C)O2)nc1C1COC1. The van der Waals surface area contributed by atoms with E-state index in [0.29, 0.717) is 5.92 Å². The van der Waals surface area contributed by atoms with E-state index < -0.39 is 0 Å². The normalized spacial score (nSPS) is 24.8. The molecule has 0 atom stereocenters. The number of hydrogen-bond donors (Lipinski definition) is 0.